The summed E-state index contributed by atoms with van der Waals surface area (Å²) in [6, 6.07) is 16.1. The Kier molecular flexibility index (Phi) is 6.04. The Labute approximate surface area is 180 Å². The number of carbonyl (C=O) groups excluding carboxylic acids is 2. The van der Waals surface area contributed by atoms with Crippen LogP contribution in [-0.4, -0.2) is 29.8 Å². The second-order valence-electron chi connectivity index (χ2n) is 8.31. The van der Waals surface area contributed by atoms with Crippen LogP contribution in [0.4, 0.5) is 0 Å². The van der Waals surface area contributed by atoms with Crippen molar-refractivity contribution in [1.29, 1.82) is 0 Å². The zero-order valence-corrected chi connectivity index (χ0v) is 18.3. The minimum absolute atomic E-state index is 0.0179. The first-order valence-electron chi connectivity index (χ1n) is 10.4. The maximum absolute atomic E-state index is 12.9. The standard InChI is InChI=1S/C24H27BrN2O2/c1-16-2-4-17(5-3-16)22(18-6-7-18)26-23(28)19-12-14-27(15-13-19)24(29)20-8-10-21(25)11-9-20/h2-5,8-11,18-19,22H,6-7,12-15H2,1H3,(H,26,28). The van der Waals surface area contributed by atoms with E-state index in [1.165, 1.54) is 24.0 Å². The van der Waals surface area contributed by atoms with Crippen molar-refractivity contribution in [1.82, 2.24) is 10.2 Å². The van der Waals surface area contributed by atoms with Crippen molar-refractivity contribution in [2.24, 2.45) is 11.8 Å². The zero-order valence-electron chi connectivity index (χ0n) is 16.7. The minimum Gasteiger partial charge on any atom is -0.349 e. The summed E-state index contributed by atoms with van der Waals surface area (Å²) in [6.07, 6.45) is 3.80. The van der Waals surface area contributed by atoms with Crippen molar-refractivity contribution in [3.05, 3.63) is 69.7 Å². The predicted molar refractivity (Wildman–Crippen MR) is 118 cm³/mol. The molecular formula is C24H27BrN2O2. The largest absolute Gasteiger partial charge is 0.349 e. The average Bonchev–Trinajstić information content (AvgIpc) is 3.58. The monoisotopic (exact) mass is 454 g/mol. The molecule has 0 bridgehead atoms. The molecule has 2 aromatic rings. The number of aryl methyl sites for hydroxylation is 1. The third-order valence-corrected chi connectivity index (χ3v) is 6.60. The van der Waals surface area contributed by atoms with Crippen molar-refractivity contribution < 1.29 is 9.59 Å². The number of nitrogens with one attached hydrogen (secondary N) is 1. The molecule has 2 fully saturated rings. The van der Waals surface area contributed by atoms with Gasteiger partial charge in [0.25, 0.3) is 5.91 Å². The molecule has 1 N–H and O–H groups in total. The molecule has 29 heavy (non-hydrogen) atoms. The highest BCUT2D eigenvalue weighted by Crippen LogP contribution is 2.41. The molecule has 1 heterocycles. The molecule has 5 heteroatoms. The lowest BCUT2D eigenvalue weighted by Gasteiger charge is -2.32. The Morgan fingerprint density at radius 2 is 1.59 bits per heavy atom. The molecule has 1 saturated carbocycles. The maximum atomic E-state index is 12.9. The lowest BCUT2D eigenvalue weighted by atomic mass is 9.93. The highest BCUT2D eigenvalue weighted by molar-refractivity contribution is 9.10. The van der Waals surface area contributed by atoms with Gasteiger partial charge in [-0.25, -0.2) is 0 Å². The highest BCUT2D eigenvalue weighted by atomic mass is 79.9. The van der Waals surface area contributed by atoms with Crippen LogP contribution < -0.4 is 5.32 Å². The fraction of sp³-hybridized carbons (Fsp3) is 0.417. The Morgan fingerprint density at radius 1 is 0.966 bits per heavy atom. The van der Waals surface area contributed by atoms with Crippen LogP contribution in [-0.2, 0) is 4.79 Å². The molecule has 1 atom stereocenters. The molecule has 4 rings (SSSR count). The maximum Gasteiger partial charge on any atom is 0.253 e. The van der Waals surface area contributed by atoms with E-state index in [-0.39, 0.29) is 23.8 Å². The van der Waals surface area contributed by atoms with Crippen LogP contribution in [0.2, 0.25) is 0 Å². The van der Waals surface area contributed by atoms with Crippen LogP contribution in [0.25, 0.3) is 0 Å². The second kappa shape index (κ2) is 8.70. The van der Waals surface area contributed by atoms with E-state index in [1.807, 2.05) is 29.2 Å². The predicted octanol–water partition coefficient (Wildman–Crippen LogP) is 4.88. The number of nitrogens with zero attached hydrogens (tertiary/aromatic N) is 1. The lowest BCUT2D eigenvalue weighted by molar-refractivity contribution is -0.127. The van der Waals surface area contributed by atoms with Gasteiger partial charge in [-0.2, -0.15) is 0 Å². The van der Waals surface area contributed by atoms with Crippen molar-refractivity contribution >= 4 is 27.7 Å². The van der Waals surface area contributed by atoms with Crippen LogP contribution in [0.5, 0.6) is 0 Å². The third kappa shape index (κ3) is 4.89. The van der Waals surface area contributed by atoms with Crippen molar-refractivity contribution in [2.75, 3.05) is 13.1 Å². The fourth-order valence-electron chi connectivity index (χ4n) is 4.07. The smallest absolute Gasteiger partial charge is 0.253 e. The van der Waals surface area contributed by atoms with Gasteiger partial charge in [0.15, 0.2) is 0 Å². The second-order valence-corrected chi connectivity index (χ2v) is 9.22. The number of piperidine rings is 1. The number of rotatable bonds is 5. The molecule has 152 valence electrons. The molecule has 1 aliphatic heterocycles. The summed E-state index contributed by atoms with van der Waals surface area (Å²) in [6.45, 7) is 3.34. The molecule has 0 spiro atoms. The normalized spacial score (nSPS) is 18.3. The SMILES string of the molecule is Cc1ccc(C(NC(=O)C2CCN(C(=O)c3ccc(Br)cc3)CC2)C2CC2)cc1. The number of benzene rings is 2. The molecule has 1 saturated heterocycles. The van der Waals surface area contributed by atoms with Crippen LogP contribution in [0, 0.1) is 18.8 Å². The highest BCUT2D eigenvalue weighted by Gasteiger charge is 2.35. The first-order chi connectivity index (χ1) is 14.0. The summed E-state index contributed by atoms with van der Waals surface area (Å²) >= 11 is 3.40. The minimum atomic E-state index is -0.0179. The van der Waals surface area contributed by atoms with Gasteiger partial charge in [0.1, 0.15) is 0 Å². The van der Waals surface area contributed by atoms with Gasteiger partial charge in [0.05, 0.1) is 6.04 Å². The van der Waals surface area contributed by atoms with E-state index < -0.39 is 0 Å². The average molecular weight is 455 g/mol. The van der Waals surface area contributed by atoms with E-state index >= 15 is 0 Å². The Bertz CT molecular complexity index is 867. The first-order valence-corrected chi connectivity index (χ1v) is 11.2. The molecule has 0 radical (unpaired) electrons. The Hall–Kier alpha value is -2.14. The van der Waals surface area contributed by atoms with Crippen molar-refractivity contribution in [2.45, 2.75) is 38.6 Å². The van der Waals surface area contributed by atoms with Gasteiger partial charge in [-0.05, 0) is 68.4 Å². The van der Waals surface area contributed by atoms with Gasteiger partial charge in [0.2, 0.25) is 5.91 Å². The first kappa shape index (κ1) is 20.1. The van der Waals surface area contributed by atoms with E-state index in [0.29, 0.717) is 24.6 Å². The molecule has 2 aliphatic rings. The summed E-state index contributed by atoms with van der Waals surface area (Å²) in [5.41, 5.74) is 3.14. The summed E-state index contributed by atoms with van der Waals surface area (Å²) in [4.78, 5) is 27.5. The number of hydrogen-bond acceptors (Lipinski definition) is 2. The molecule has 2 amide bonds. The number of hydrogen-bond donors (Lipinski definition) is 1. The van der Waals surface area contributed by atoms with Crippen molar-refractivity contribution in [3.63, 3.8) is 0 Å². The molecule has 4 nitrogen and oxygen atoms in total. The van der Waals surface area contributed by atoms with E-state index in [4.69, 9.17) is 0 Å². The van der Waals surface area contributed by atoms with E-state index in [0.717, 1.165) is 17.3 Å². The Morgan fingerprint density at radius 3 is 2.17 bits per heavy atom. The summed E-state index contributed by atoms with van der Waals surface area (Å²) in [5, 5.41) is 3.32. The van der Waals surface area contributed by atoms with Crippen LogP contribution in [0.1, 0.15) is 53.2 Å². The molecule has 0 aromatic heterocycles. The fourth-order valence-corrected chi connectivity index (χ4v) is 4.33. The van der Waals surface area contributed by atoms with Crippen molar-refractivity contribution in [3.8, 4) is 0 Å². The lowest BCUT2D eigenvalue weighted by Crippen LogP contribution is -2.44. The van der Waals surface area contributed by atoms with Crippen LogP contribution in [0.3, 0.4) is 0 Å². The van der Waals surface area contributed by atoms with Gasteiger partial charge in [-0.3, -0.25) is 9.59 Å². The van der Waals surface area contributed by atoms with Crippen LogP contribution >= 0.6 is 15.9 Å². The molecular weight excluding hydrogens is 428 g/mol. The van der Waals surface area contributed by atoms with E-state index in [9.17, 15) is 9.59 Å². The topological polar surface area (TPSA) is 49.4 Å². The number of halogens is 1. The van der Waals surface area contributed by atoms with Gasteiger partial charge in [-0.1, -0.05) is 45.8 Å². The van der Waals surface area contributed by atoms with Crippen LogP contribution in [0.15, 0.2) is 53.0 Å². The summed E-state index contributed by atoms with van der Waals surface area (Å²) < 4.78 is 0.961. The van der Waals surface area contributed by atoms with Gasteiger partial charge in [-0.15, -0.1) is 0 Å². The zero-order chi connectivity index (χ0) is 20.4. The molecule has 2 aromatic carbocycles. The van der Waals surface area contributed by atoms with Gasteiger partial charge < -0.3 is 10.2 Å². The number of likely N-dealkylation sites (tertiary alicyclic amines) is 1. The Balaban J connectivity index is 1.34. The third-order valence-electron chi connectivity index (χ3n) is 6.07. The van der Waals surface area contributed by atoms with E-state index in [2.05, 4.69) is 52.4 Å². The van der Waals surface area contributed by atoms with Gasteiger partial charge >= 0.3 is 0 Å². The van der Waals surface area contributed by atoms with Gasteiger partial charge in [0, 0.05) is 29.0 Å². The molecule has 1 unspecified atom stereocenters. The molecule has 1 aliphatic carbocycles. The summed E-state index contributed by atoms with van der Waals surface area (Å²) in [7, 11) is 0. The number of amides is 2. The summed E-state index contributed by atoms with van der Waals surface area (Å²) in [5.74, 6) is 0.724. The quantitative estimate of drug-likeness (QED) is 0.699. The van der Waals surface area contributed by atoms with E-state index in [1.54, 1.807) is 0 Å². The number of carbonyl (C=O) groups is 2.